The fraction of sp³-hybridized carbons (Fsp3) is 0.870. The molecule has 0 heterocycles. The highest BCUT2D eigenvalue weighted by Gasteiger charge is 2.21. The fourth-order valence-corrected chi connectivity index (χ4v) is 7.05. The van der Waals surface area contributed by atoms with Crippen molar-refractivity contribution in [3.63, 3.8) is 0 Å². The number of esters is 2. The second kappa shape index (κ2) is 39.0. The van der Waals surface area contributed by atoms with Crippen molar-refractivity contribution in [1.29, 1.82) is 0 Å². The lowest BCUT2D eigenvalue weighted by atomic mass is 10.0. The third-order valence-corrected chi connectivity index (χ3v) is 10.9. The van der Waals surface area contributed by atoms with Crippen molar-refractivity contribution >= 4 is 19.8 Å². The zero-order chi connectivity index (χ0) is 41.4. The van der Waals surface area contributed by atoms with Crippen LogP contribution in [0.4, 0.5) is 0 Å². The Morgan fingerprint density at radius 3 is 1.46 bits per heavy atom. The Balaban J connectivity index is 4.30. The Morgan fingerprint density at radius 2 is 0.982 bits per heavy atom. The molecule has 0 N–H and O–H groups in total. The highest BCUT2D eigenvalue weighted by Crippen LogP contribution is 2.38. The molecular weight excluding hydrogens is 725 g/mol. The second-order valence-electron chi connectivity index (χ2n) is 16.8. The van der Waals surface area contributed by atoms with Gasteiger partial charge in [-0.05, 0) is 38.5 Å². The number of hydrogen-bond acceptors (Lipinski definition) is 8. The Hall–Kier alpha value is -1.51. The maximum atomic E-state index is 12.7. The maximum absolute atomic E-state index is 12.7. The lowest BCUT2D eigenvalue weighted by molar-refractivity contribution is -0.870. The molecule has 0 aliphatic carbocycles. The van der Waals surface area contributed by atoms with Crippen LogP contribution in [-0.4, -0.2) is 70.0 Å². The minimum atomic E-state index is -4.62. The molecule has 330 valence electrons. The van der Waals surface area contributed by atoms with E-state index < -0.39 is 26.5 Å². The molecule has 10 heteroatoms. The molecule has 56 heavy (non-hydrogen) atoms. The molecule has 1 unspecified atom stereocenters. The van der Waals surface area contributed by atoms with E-state index in [9.17, 15) is 19.0 Å². The predicted molar refractivity (Wildman–Crippen MR) is 231 cm³/mol. The molecule has 0 aromatic heterocycles. The summed E-state index contributed by atoms with van der Waals surface area (Å²) in [7, 11) is 1.16. The average Bonchev–Trinajstić information content (AvgIpc) is 3.15. The quantitative estimate of drug-likeness (QED) is 0.0197. The normalized spacial score (nSPS) is 13.8. The van der Waals surface area contributed by atoms with Crippen LogP contribution in [0.2, 0.25) is 0 Å². The number of phosphoric ester groups is 1. The molecule has 0 aliphatic heterocycles. The third-order valence-electron chi connectivity index (χ3n) is 9.97. The fourth-order valence-electron chi connectivity index (χ4n) is 6.32. The van der Waals surface area contributed by atoms with E-state index in [1.165, 1.54) is 109 Å². The molecular formula is C46H88NO8P. The topological polar surface area (TPSA) is 111 Å². The number of likely N-dealkylation sites (N-methyl/N-ethyl adjacent to an activating group) is 1. The van der Waals surface area contributed by atoms with Crippen LogP contribution in [0.25, 0.3) is 0 Å². The van der Waals surface area contributed by atoms with Crippen molar-refractivity contribution < 1.29 is 42.1 Å². The number of nitrogens with zero attached hydrogens (tertiary/aromatic N) is 1. The van der Waals surface area contributed by atoms with Crippen LogP contribution in [0, 0.1) is 0 Å². The third kappa shape index (κ3) is 42.1. The van der Waals surface area contributed by atoms with Crippen molar-refractivity contribution in [2.24, 2.45) is 0 Å². The number of ether oxygens (including phenoxy) is 2. The van der Waals surface area contributed by atoms with Gasteiger partial charge in [-0.25, -0.2) is 0 Å². The van der Waals surface area contributed by atoms with Crippen molar-refractivity contribution in [1.82, 2.24) is 0 Å². The molecule has 0 saturated carbocycles. The van der Waals surface area contributed by atoms with Gasteiger partial charge in [0.05, 0.1) is 27.7 Å². The van der Waals surface area contributed by atoms with E-state index in [0.29, 0.717) is 17.4 Å². The lowest BCUT2D eigenvalue weighted by Crippen LogP contribution is -2.37. The van der Waals surface area contributed by atoms with E-state index in [2.05, 4.69) is 38.2 Å². The van der Waals surface area contributed by atoms with Gasteiger partial charge in [-0.15, -0.1) is 0 Å². The van der Waals surface area contributed by atoms with Gasteiger partial charge in [0.25, 0.3) is 7.82 Å². The van der Waals surface area contributed by atoms with Crippen LogP contribution >= 0.6 is 7.82 Å². The van der Waals surface area contributed by atoms with Gasteiger partial charge >= 0.3 is 11.9 Å². The van der Waals surface area contributed by atoms with Crippen molar-refractivity contribution in [2.45, 2.75) is 213 Å². The molecule has 0 bridgehead atoms. The molecule has 0 aromatic rings. The molecule has 0 fully saturated rings. The van der Waals surface area contributed by atoms with Crippen LogP contribution in [0.3, 0.4) is 0 Å². The summed E-state index contributed by atoms with van der Waals surface area (Å²) >= 11 is 0. The molecule has 0 aromatic carbocycles. The summed E-state index contributed by atoms with van der Waals surface area (Å²) in [5.74, 6) is -0.843. The highest BCUT2D eigenvalue weighted by molar-refractivity contribution is 7.45. The van der Waals surface area contributed by atoms with Gasteiger partial charge in [-0.2, -0.15) is 0 Å². The summed E-state index contributed by atoms with van der Waals surface area (Å²) in [4.78, 5) is 37.5. The Bertz CT molecular complexity index is 1010. The highest BCUT2D eigenvalue weighted by atomic mass is 31.2. The predicted octanol–water partition coefficient (Wildman–Crippen LogP) is 12.5. The largest absolute Gasteiger partial charge is 0.756 e. The first-order valence-corrected chi connectivity index (χ1v) is 24.5. The van der Waals surface area contributed by atoms with Crippen LogP contribution in [0.1, 0.15) is 206 Å². The van der Waals surface area contributed by atoms with Gasteiger partial charge < -0.3 is 27.9 Å². The van der Waals surface area contributed by atoms with E-state index in [0.717, 1.165) is 64.2 Å². The first kappa shape index (κ1) is 54.5. The van der Waals surface area contributed by atoms with Crippen LogP contribution in [-0.2, 0) is 32.7 Å². The smallest absolute Gasteiger partial charge is 0.306 e. The van der Waals surface area contributed by atoms with Gasteiger partial charge in [0.1, 0.15) is 19.8 Å². The number of allylic oxidation sites excluding steroid dienone is 4. The number of quaternary nitrogens is 1. The number of carbonyl (C=O) groups is 2. The Labute approximate surface area is 345 Å². The van der Waals surface area contributed by atoms with Crippen molar-refractivity contribution in [3.8, 4) is 0 Å². The lowest BCUT2D eigenvalue weighted by Gasteiger charge is -2.28. The number of unbranched alkanes of at least 4 members (excludes halogenated alkanes) is 24. The second-order valence-corrected chi connectivity index (χ2v) is 18.2. The summed E-state index contributed by atoms with van der Waals surface area (Å²) in [5, 5.41) is 0. The number of phosphoric acid groups is 1. The van der Waals surface area contributed by atoms with E-state index in [1.54, 1.807) is 0 Å². The summed E-state index contributed by atoms with van der Waals surface area (Å²) in [6.45, 7) is 4.19. The average molecular weight is 814 g/mol. The first-order valence-electron chi connectivity index (χ1n) is 23.0. The molecule has 0 amide bonds. The molecule has 0 rings (SSSR count). The van der Waals surface area contributed by atoms with Gasteiger partial charge in [0.2, 0.25) is 0 Å². The van der Waals surface area contributed by atoms with Gasteiger partial charge in [-0.1, -0.05) is 179 Å². The van der Waals surface area contributed by atoms with Crippen LogP contribution < -0.4 is 4.89 Å². The maximum Gasteiger partial charge on any atom is 0.306 e. The summed E-state index contributed by atoms with van der Waals surface area (Å²) in [5.41, 5.74) is 0. The van der Waals surface area contributed by atoms with E-state index in [1.807, 2.05) is 21.1 Å². The minimum Gasteiger partial charge on any atom is -0.756 e. The molecule has 0 radical (unpaired) electrons. The van der Waals surface area contributed by atoms with Crippen molar-refractivity contribution in [3.05, 3.63) is 24.3 Å². The van der Waals surface area contributed by atoms with Crippen LogP contribution in [0.15, 0.2) is 24.3 Å². The Morgan fingerprint density at radius 1 is 0.554 bits per heavy atom. The van der Waals surface area contributed by atoms with Gasteiger partial charge in [0, 0.05) is 12.8 Å². The van der Waals surface area contributed by atoms with Gasteiger partial charge in [0.15, 0.2) is 6.10 Å². The zero-order valence-corrected chi connectivity index (χ0v) is 38.0. The summed E-state index contributed by atoms with van der Waals surface area (Å²) in [6.07, 6.45) is 42.0. The van der Waals surface area contributed by atoms with Gasteiger partial charge in [-0.3, -0.25) is 14.2 Å². The molecule has 0 spiro atoms. The standard InChI is InChI=1S/C46H88NO8P/c1-6-8-10-12-14-16-18-20-22-23-24-25-27-28-30-32-34-36-38-45(48)52-42-44(43-54-56(50,51)53-41-40-47(3,4)5)55-46(49)39-37-35-33-31-29-26-21-19-17-15-13-11-9-7-2/h13,15,19,21,44H,6-12,14,16-18,20,22-43H2,1-5H3/b15-13-,21-19-/t44-/m1/s1. The zero-order valence-electron chi connectivity index (χ0n) is 37.1. The molecule has 0 aliphatic rings. The molecule has 2 atom stereocenters. The summed E-state index contributed by atoms with van der Waals surface area (Å²) in [6, 6.07) is 0. The first-order chi connectivity index (χ1) is 27.0. The van der Waals surface area contributed by atoms with Crippen LogP contribution in [0.5, 0.6) is 0 Å². The number of carbonyl (C=O) groups excluding carboxylic acids is 2. The number of hydrogen-bond donors (Lipinski definition) is 0. The molecule has 0 saturated heterocycles. The SMILES string of the molecule is CCCC/C=C\C/C=C\CCCCCCCC(=O)O[C@H](COC(=O)CCCCCCCCCCCCCCCCCCCC)COP(=O)([O-])OCC[N+](C)(C)C. The van der Waals surface area contributed by atoms with E-state index >= 15 is 0 Å². The minimum absolute atomic E-state index is 0.0319. The van der Waals surface area contributed by atoms with E-state index in [-0.39, 0.29) is 32.0 Å². The van der Waals surface area contributed by atoms with Crippen molar-refractivity contribution in [2.75, 3.05) is 47.5 Å². The summed E-state index contributed by atoms with van der Waals surface area (Å²) < 4.78 is 33.9. The molecule has 9 nitrogen and oxygen atoms in total. The Kier molecular flexibility index (Phi) is 37.9. The van der Waals surface area contributed by atoms with E-state index in [4.69, 9.17) is 18.5 Å². The monoisotopic (exact) mass is 814 g/mol. The number of rotatable bonds is 42.